The van der Waals surface area contributed by atoms with Crippen LogP contribution in [-0.2, 0) is 22.5 Å². The number of benzene rings is 2. The molecule has 0 N–H and O–H groups in total. The molecule has 2 rings (SSSR count). The Labute approximate surface area is 252 Å². The molecule has 1 unspecified atom stereocenters. The van der Waals surface area contributed by atoms with E-state index < -0.39 is 6.29 Å². The summed E-state index contributed by atoms with van der Waals surface area (Å²) in [5.41, 5.74) is 2.69. The maximum absolute atomic E-state index is 12.5. The number of nitrogens with zero attached hydrogens (tertiary/aromatic N) is 1. The van der Waals surface area contributed by atoms with Gasteiger partial charge in [0.1, 0.15) is 12.3 Å². The van der Waals surface area contributed by atoms with Crippen LogP contribution in [0.5, 0.6) is 5.75 Å². The Kier molecular flexibility index (Phi) is 18.2. The predicted octanol–water partition coefficient (Wildman–Crippen LogP) is 10.0. The molecule has 0 saturated heterocycles. The van der Waals surface area contributed by atoms with E-state index in [-0.39, 0.29) is 5.97 Å². The van der Waals surface area contributed by atoms with Gasteiger partial charge >= 0.3 is 5.97 Å². The molecule has 4 heteroatoms. The second-order valence-electron chi connectivity index (χ2n) is 12.5. The normalized spacial score (nSPS) is 12.3. The Morgan fingerprint density at radius 1 is 0.683 bits per heavy atom. The smallest absolute Gasteiger partial charge is 0.308 e. The van der Waals surface area contributed by atoms with Crippen LogP contribution in [0.3, 0.4) is 0 Å². The molecule has 0 bridgehead atoms. The first-order valence-electron chi connectivity index (χ1n) is 16.7. The summed E-state index contributed by atoms with van der Waals surface area (Å²) in [6.45, 7) is 6.30. The molecule has 0 fully saturated rings. The number of esters is 1. The number of aryl methyl sites for hydroxylation is 1. The molecule has 2 aromatic carbocycles. The second-order valence-corrected chi connectivity index (χ2v) is 12.5. The van der Waals surface area contributed by atoms with Crippen LogP contribution < -0.4 is 4.74 Å². The van der Waals surface area contributed by atoms with Crippen molar-refractivity contribution in [2.75, 3.05) is 20.6 Å². The highest BCUT2D eigenvalue weighted by molar-refractivity contribution is 5.69. The summed E-state index contributed by atoms with van der Waals surface area (Å²) < 4.78 is 12.5. The topological polar surface area (TPSA) is 35.5 Å². The summed E-state index contributed by atoms with van der Waals surface area (Å²) in [5.74, 6) is 0.594. The van der Waals surface area contributed by atoms with Crippen LogP contribution in [-0.4, -0.2) is 37.4 Å². The van der Waals surface area contributed by atoms with Gasteiger partial charge in [0, 0.05) is 18.4 Å². The molecule has 0 radical (unpaired) electrons. The van der Waals surface area contributed by atoms with Gasteiger partial charge < -0.3 is 14.0 Å². The number of hydrogen-bond donors (Lipinski definition) is 0. The Balaban J connectivity index is 1.54. The lowest BCUT2D eigenvalue weighted by Crippen LogP contribution is -2.39. The van der Waals surface area contributed by atoms with E-state index in [2.05, 4.69) is 63.5 Å². The predicted molar refractivity (Wildman–Crippen MR) is 173 cm³/mol. The minimum absolute atomic E-state index is 0.172. The van der Waals surface area contributed by atoms with Crippen LogP contribution in [0.15, 0.2) is 54.6 Å². The summed E-state index contributed by atoms with van der Waals surface area (Å²) in [4.78, 5) is 12.5. The summed E-state index contributed by atoms with van der Waals surface area (Å²) in [6.07, 6.45) is 20.0. The Bertz CT molecular complexity index is 910. The fraction of sp³-hybridized carbons (Fsp3) is 0.649. The standard InChI is InChI=1S/C37H60NO3/c1-5-7-8-9-10-11-12-13-14-15-16-18-23-33-27-29-35(30-28-33)40-37(6-2)41-36(39)26-21-22-31-38(3,4)32-34-24-19-17-20-25-34/h17,19-20,24-25,27-30,37H,5-16,18,21-23,26,31-32H2,1-4H3/q+1. The van der Waals surface area contributed by atoms with Crippen molar-refractivity contribution in [2.24, 2.45) is 0 Å². The largest absolute Gasteiger partial charge is 0.455 e. The van der Waals surface area contributed by atoms with Crippen molar-refractivity contribution in [1.82, 2.24) is 0 Å². The van der Waals surface area contributed by atoms with Gasteiger partial charge in [0.2, 0.25) is 6.29 Å². The van der Waals surface area contributed by atoms with Crippen LogP contribution in [0, 0.1) is 0 Å². The van der Waals surface area contributed by atoms with Gasteiger partial charge in [-0.15, -0.1) is 0 Å². The van der Waals surface area contributed by atoms with Crippen LogP contribution >= 0.6 is 0 Å². The van der Waals surface area contributed by atoms with Gasteiger partial charge in [-0.3, -0.25) is 4.79 Å². The Hall–Kier alpha value is -2.33. The van der Waals surface area contributed by atoms with E-state index in [0.29, 0.717) is 12.8 Å². The van der Waals surface area contributed by atoms with E-state index in [1.54, 1.807) is 0 Å². The minimum atomic E-state index is -0.532. The number of hydrogen-bond acceptors (Lipinski definition) is 3. The molecule has 4 nitrogen and oxygen atoms in total. The first-order valence-corrected chi connectivity index (χ1v) is 16.7. The zero-order valence-electron chi connectivity index (χ0n) is 26.9. The second kappa shape index (κ2) is 21.4. The Morgan fingerprint density at radius 2 is 1.27 bits per heavy atom. The van der Waals surface area contributed by atoms with E-state index >= 15 is 0 Å². The van der Waals surface area contributed by atoms with E-state index in [0.717, 1.165) is 42.6 Å². The molecular weight excluding hydrogens is 506 g/mol. The zero-order valence-corrected chi connectivity index (χ0v) is 26.9. The van der Waals surface area contributed by atoms with Gasteiger partial charge in [0.25, 0.3) is 0 Å². The van der Waals surface area contributed by atoms with Crippen molar-refractivity contribution in [2.45, 2.75) is 136 Å². The highest BCUT2D eigenvalue weighted by Gasteiger charge is 2.17. The van der Waals surface area contributed by atoms with Crippen molar-refractivity contribution in [3.63, 3.8) is 0 Å². The molecule has 0 heterocycles. The van der Waals surface area contributed by atoms with Crippen LogP contribution in [0.25, 0.3) is 0 Å². The lowest BCUT2D eigenvalue weighted by molar-refractivity contribution is -0.903. The highest BCUT2D eigenvalue weighted by atomic mass is 16.7. The number of rotatable bonds is 24. The van der Waals surface area contributed by atoms with Gasteiger partial charge in [-0.1, -0.05) is 127 Å². The van der Waals surface area contributed by atoms with Gasteiger partial charge in [-0.25, -0.2) is 0 Å². The minimum Gasteiger partial charge on any atom is -0.455 e. The number of unbranched alkanes of at least 4 members (excludes halogenated alkanes) is 12. The van der Waals surface area contributed by atoms with Gasteiger partial charge in [0.15, 0.2) is 0 Å². The number of ether oxygens (including phenoxy) is 2. The molecule has 41 heavy (non-hydrogen) atoms. The fourth-order valence-electron chi connectivity index (χ4n) is 5.42. The summed E-state index contributed by atoms with van der Waals surface area (Å²) >= 11 is 0. The first-order chi connectivity index (χ1) is 19.9. The van der Waals surface area contributed by atoms with Gasteiger partial charge in [-0.2, -0.15) is 0 Å². The van der Waals surface area contributed by atoms with E-state index in [4.69, 9.17) is 9.47 Å². The summed E-state index contributed by atoms with van der Waals surface area (Å²) in [5, 5.41) is 0. The van der Waals surface area contributed by atoms with Gasteiger partial charge in [-0.05, 0) is 43.4 Å². The molecule has 0 saturated carbocycles. The Morgan fingerprint density at radius 3 is 1.85 bits per heavy atom. The van der Waals surface area contributed by atoms with Crippen molar-refractivity contribution in [3.8, 4) is 5.75 Å². The molecule has 0 aliphatic carbocycles. The fourth-order valence-corrected chi connectivity index (χ4v) is 5.42. The van der Waals surface area contributed by atoms with Crippen LogP contribution in [0.4, 0.5) is 0 Å². The van der Waals surface area contributed by atoms with Crippen LogP contribution in [0.1, 0.15) is 128 Å². The summed E-state index contributed by atoms with van der Waals surface area (Å²) in [7, 11) is 4.49. The third kappa shape index (κ3) is 17.3. The maximum atomic E-state index is 12.5. The first kappa shape index (κ1) is 34.9. The third-order valence-corrected chi connectivity index (χ3v) is 7.95. The SMILES string of the molecule is CCCCCCCCCCCCCCc1ccc(OC(CC)OC(=O)CCCC[N+](C)(C)Cc2ccccc2)cc1. The third-order valence-electron chi connectivity index (χ3n) is 7.95. The average molecular weight is 567 g/mol. The van der Waals surface area contributed by atoms with Crippen molar-refractivity contribution in [1.29, 1.82) is 0 Å². The molecule has 2 aromatic rings. The molecule has 230 valence electrons. The van der Waals surface area contributed by atoms with E-state index in [1.165, 1.54) is 88.2 Å². The van der Waals surface area contributed by atoms with Crippen molar-refractivity contribution >= 4 is 5.97 Å². The summed E-state index contributed by atoms with van der Waals surface area (Å²) in [6, 6.07) is 18.9. The monoisotopic (exact) mass is 566 g/mol. The molecular formula is C37H60NO3+. The lowest BCUT2D eigenvalue weighted by Gasteiger charge is -2.30. The molecule has 0 aromatic heterocycles. The highest BCUT2D eigenvalue weighted by Crippen LogP contribution is 2.19. The molecule has 1 atom stereocenters. The average Bonchev–Trinajstić information content (AvgIpc) is 2.96. The maximum Gasteiger partial charge on any atom is 0.308 e. The number of carbonyl (C=O) groups excluding carboxylic acids is 1. The van der Waals surface area contributed by atoms with E-state index in [9.17, 15) is 4.79 Å². The molecule has 0 amide bonds. The van der Waals surface area contributed by atoms with Crippen molar-refractivity contribution in [3.05, 3.63) is 65.7 Å². The van der Waals surface area contributed by atoms with Gasteiger partial charge in [0.05, 0.1) is 20.6 Å². The zero-order chi connectivity index (χ0) is 29.6. The van der Waals surface area contributed by atoms with E-state index in [1.807, 2.05) is 19.1 Å². The number of carbonyl (C=O) groups is 1. The number of quaternary nitrogens is 1. The van der Waals surface area contributed by atoms with Crippen LogP contribution in [0.2, 0.25) is 0 Å². The molecule has 0 spiro atoms. The quantitative estimate of drug-likeness (QED) is 0.0549. The molecule has 0 aliphatic rings. The van der Waals surface area contributed by atoms with Crippen molar-refractivity contribution < 1.29 is 18.8 Å². The molecule has 0 aliphatic heterocycles. The lowest BCUT2D eigenvalue weighted by atomic mass is 10.0.